The summed E-state index contributed by atoms with van der Waals surface area (Å²) < 4.78 is 8.78. The van der Waals surface area contributed by atoms with Crippen LogP contribution < -0.4 is 4.90 Å². The second-order valence-electron chi connectivity index (χ2n) is 14.5. The lowest BCUT2D eigenvalue weighted by atomic mass is 9.93. The number of aromatic nitrogens is 1. The van der Waals surface area contributed by atoms with Gasteiger partial charge in [0.25, 0.3) is 0 Å². The SMILES string of the molecule is c1ccc(-c2ccccc2N(c2ccc3oc4ccccc4c3c2)c2ccc3c4ccccc4n(-c4cccc(-c5ccccc5)c4-c4ccccc4)c3c2)cc1. The summed E-state index contributed by atoms with van der Waals surface area (Å²) in [5.74, 6) is 0. The minimum atomic E-state index is 0.874. The summed E-state index contributed by atoms with van der Waals surface area (Å²) in [5, 5.41) is 4.61. The standard InChI is InChI=1S/C54H36N2O/c1-4-17-37(18-5-1)42-23-10-13-27-48(42)55(40-32-34-53-47(35-40)46-25-12-15-30-52(46)57-53)41-31-33-45-44-24-11-14-28-49(44)56(51(45)36-41)50-29-16-26-43(38-19-6-2-7-20-38)54(50)39-21-8-3-9-22-39/h1-36H. The van der Waals surface area contributed by atoms with Gasteiger partial charge >= 0.3 is 0 Å². The maximum absolute atomic E-state index is 6.32. The molecule has 0 amide bonds. The number of hydrogen-bond acceptors (Lipinski definition) is 2. The topological polar surface area (TPSA) is 21.3 Å². The number of benzene rings is 9. The van der Waals surface area contributed by atoms with Gasteiger partial charge in [-0.2, -0.15) is 0 Å². The Morgan fingerprint density at radius 1 is 0.351 bits per heavy atom. The van der Waals surface area contributed by atoms with Crippen molar-refractivity contribution in [1.29, 1.82) is 0 Å². The lowest BCUT2D eigenvalue weighted by molar-refractivity contribution is 0.669. The summed E-state index contributed by atoms with van der Waals surface area (Å²) in [6, 6.07) is 78.3. The van der Waals surface area contributed by atoms with E-state index < -0.39 is 0 Å². The molecule has 0 saturated carbocycles. The van der Waals surface area contributed by atoms with Crippen LogP contribution >= 0.6 is 0 Å². The summed E-state index contributed by atoms with van der Waals surface area (Å²) >= 11 is 0. The average Bonchev–Trinajstić information content (AvgIpc) is 3.82. The molecule has 11 rings (SSSR count). The number of hydrogen-bond donors (Lipinski definition) is 0. The Hall–Kier alpha value is -7.62. The zero-order chi connectivity index (χ0) is 37.7. The van der Waals surface area contributed by atoms with Gasteiger partial charge in [0.05, 0.1) is 22.4 Å². The number of nitrogens with zero attached hydrogens (tertiary/aromatic N) is 2. The van der Waals surface area contributed by atoms with E-state index in [1.54, 1.807) is 0 Å². The summed E-state index contributed by atoms with van der Waals surface area (Å²) in [7, 11) is 0. The first-order valence-corrected chi connectivity index (χ1v) is 19.4. The van der Waals surface area contributed by atoms with Crippen molar-refractivity contribution in [3.63, 3.8) is 0 Å². The summed E-state index contributed by atoms with van der Waals surface area (Å²) in [5.41, 5.74) is 15.5. The van der Waals surface area contributed by atoms with E-state index in [0.717, 1.165) is 66.8 Å². The van der Waals surface area contributed by atoms with Crippen molar-refractivity contribution in [2.45, 2.75) is 0 Å². The van der Waals surface area contributed by atoms with Gasteiger partial charge in [-0.15, -0.1) is 0 Å². The van der Waals surface area contributed by atoms with Crippen LogP contribution in [0.2, 0.25) is 0 Å². The summed E-state index contributed by atoms with van der Waals surface area (Å²) in [4.78, 5) is 2.41. The predicted octanol–water partition coefficient (Wildman–Crippen LogP) is 15.2. The van der Waals surface area contributed by atoms with Crippen molar-refractivity contribution < 1.29 is 4.42 Å². The third-order valence-electron chi connectivity index (χ3n) is 11.2. The van der Waals surface area contributed by atoms with Crippen LogP contribution in [0.1, 0.15) is 0 Å². The first-order valence-electron chi connectivity index (χ1n) is 19.4. The Morgan fingerprint density at radius 2 is 0.912 bits per heavy atom. The van der Waals surface area contributed by atoms with Crippen LogP contribution in [-0.2, 0) is 0 Å². The molecule has 268 valence electrons. The normalized spacial score (nSPS) is 11.5. The van der Waals surface area contributed by atoms with E-state index >= 15 is 0 Å². The van der Waals surface area contributed by atoms with Gasteiger partial charge in [-0.25, -0.2) is 0 Å². The van der Waals surface area contributed by atoms with E-state index in [2.05, 4.69) is 216 Å². The van der Waals surface area contributed by atoms with Crippen molar-refractivity contribution in [1.82, 2.24) is 4.57 Å². The molecule has 0 N–H and O–H groups in total. The van der Waals surface area contributed by atoms with Gasteiger partial charge in [0.15, 0.2) is 0 Å². The molecule has 0 bridgehead atoms. The van der Waals surface area contributed by atoms with E-state index in [4.69, 9.17) is 4.42 Å². The number of rotatable bonds is 7. The van der Waals surface area contributed by atoms with Gasteiger partial charge < -0.3 is 13.9 Å². The van der Waals surface area contributed by atoms with Crippen molar-refractivity contribution >= 4 is 60.8 Å². The van der Waals surface area contributed by atoms with Gasteiger partial charge in [0.2, 0.25) is 0 Å². The molecule has 57 heavy (non-hydrogen) atoms. The predicted molar refractivity (Wildman–Crippen MR) is 239 cm³/mol. The first-order chi connectivity index (χ1) is 28.3. The molecule has 0 unspecified atom stereocenters. The van der Waals surface area contributed by atoms with E-state index in [0.29, 0.717) is 0 Å². The molecule has 0 radical (unpaired) electrons. The molecule has 0 atom stereocenters. The molecule has 0 saturated heterocycles. The zero-order valence-corrected chi connectivity index (χ0v) is 31.1. The molecule has 11 aromatic rings. The van der Waals surface area contributed by atoms with Gasteiger partial charge in [0, 0.05) is 44.0 Å². The molecule has 9 aromatic carbocycles. The highest BCUT2D eigenvalue weighted by molar-refractivity contribution is 6.12. The molecule has 2 aromatic heterocycles. The molecule has 0 spiro atoms. The fourth-order valence-corrected chi connectivity index (χ4v) is 8.66. The van der Waals surface area contributed by atoms with E-state index in [1.807, 2.05) is 12.1 Å². The minimum Gasteiger partial charge on any atom is -0.456 e. The second kappa shape index (κ2) is 13.6. The Bertz CT molecular complexity index is 3230. The van der Waals surface area contributed by atoms with Crippen LogP contribution in [0.5, 0.6) is 0 Å². The van der Waals surface area contributed by atoms with E-state index in [-0.39, 0.29) is 0 Å². The van der Waals surface area contributed by atoms with Crippen LogP contribution in [0.4, 0.5) is 17.1 Å². The van der Waals surface area contributed by atoms with Crippen molar-refractivity contribution in [3.8, 4) is 39.1 Å². The number of furan rings is 1. The molecule has 3 nitrogen and oxygen atoms in total. The van der Waals surface area contributed by atoms with Crippen LogP contribution in [0.25, 0.3) is 82.8 Å². The number of anilines is 3. The molecule has 3 heteroatoms. The van der Waals surface area contributed by atoms with Crippen LogP contribution in [-0.4, -0.2) is 4.57 Å². The van der Waals surface area contributed by atoms with Crippen LogP contribution in [0.15, 0.2) is 223 Å². The first kappa shape index (κ1) is 32.8. The maximum Gasteiger partial charge on any atom is 0.135 e. The second-order valence-corrected chi connectivity index (χ2v) is 14.5. The molecular formula is C54H36N2O. The molecule has 0 aliphatic rings. The highest BCUT2D eigenvalue weighted by Crippen LogP contribution is 2.46. The monoisotopic (exact) mass is 728 g/mol. The number of fused-ring (bicyclic) bond motifs is 6. The van der Waals surface area contributed by atoms with Crippen molar-refractivity contribution in [2.75, 3.05) is 4.90 Å². The highest BCUT2D eigenvalue weighted by atomic mass is 16.3. The molecule has 0 aliphatic heterocycles. The Morgan fingerprint density at radius 3 is 1.70 bits per heavy atom. The third-order valence-corrected chi connectivity index (χ3v) is 11.2. The van der Waals surface area contributed by atoms with Gasteiger partial charge in [-0.05, 0) is 76.9 Å². The lowest BCUT2D eigenvalue weighted by Gasteiger charge is -2.28. The van der Waals surface area contributed by atoms with Crippen molar-refractivity contribution in [3.05, 3.63) is 218 Å². The largest absolute Gasteiger partial charge is 0.456 e. The van der Waals surface area contributed by atoms with Gasteiger partial charge in [0.1, 0.15) is 11.2 Å². The van der Waals surface area contributed by atoms with Gasteiger partial charge in [-0.3, -0.25) is 0 Å². The molecule has 2 heterocycles. The van der Waals surface area contributed by atoms with Crippen molar-refractivity contribution in [2.24, 2.45) is 0 Å². The molecule has 0 fully saturated rings. The van der Waals surface area contributed by atoms with Gasteiger partial charge in [-0.1, -0.05) is 164 Å². The Labute approximate surface area is 330 Å². The Balaban J connectivity index is 1.21. The smallest absolute Gasteiger partial charge is 0.135 e. The summed E-state index contributed by atoms with van der Waals surface area (Å²) in [6.07, 6.45) is 0. The maximum atomic E-state index is 6.32. The zero-order valence-electron chi connectivity index (χ0n) is 31.1. The molecular weight excluding hydrogens is 693 g/mol. The Kier molecular flexibility index (Phi) is 7.82. The van der Waals surface area contributed by atoms with Crippen LogP contribution in [0, 0.1) is 0 Å². The third kappa shape index (κ3) is 5.51. The van der Waals surface area contributed by atoms with E-state index in [1.165, 1.54) is 33.0 Å². The molecule has 0 aliphatic carbocycles. The highest BCUT2D eigenvalue weighted by Gasteiger charge is 2.23. The fraction of sp³-hybridized carbons (Fsp3) is 0. The average molecular weight is 729 g/mol. The van der Waals surface area contributed by atoms with E-state index in [9.17, 15) is 0 Å². The van der Waals surface area contributed by atoms with Crippen LogP contribution in [0.3, 0.4) is 0 Å². The fourth-order valence-electron chi connectivity index (χ4n) is 8.66. The minimum absolute atomic E-state index is 0.874. The number of para-hydroxylation sites is 3. The summed E-state index contributed by atoms with van der Waals surface area (Å²) in [6.45, 7) is 0. The lowest BCUT2D eigenvalue weighted by Crippen LogP contribution is -2.11. The quantitative estimate of drug-likeness (QED) is 0.163.